The third kappa shape index (κ3) is 2.98. The first-order chi connectivity index (χ1) is 13.3. The van der Waals surface area contributed by atoms with E-state index in [9.17, 15) is 19.2 Å². The van der Waals surface area contributed by atoms with Gasteiger partial charge in [0.1, 0.15) is 6.04 Å². The van der Waals surface area contributed by atoms with Crippen LogP contribution in [0, 0.1) is 28.6 Å². The summed E-state index contributed by atoms with van der Waals surface area (Å²) in [4.78, 5) is 14.5. The number of amides is 1. The quantitative estimate of drug-likeness (QED) is 0.646. The third-order valence-electron chi connectivity index (χ3n) is 8.21. The van der Waals surface area contributed by atoms with Gasteiger partial charge < -0.3 is 10.2 Å². The largest absolute Gasteiger partial charge is 0.326 e. The zero-order chi connectivity index (χ0) is 19.6. The number of likely N-dealkylation sites (tertiary alicyclic amines) is 1. The molecule has 6 rings (SSSR count). The minimum Gasteiger partial charge on any atom is -0.326 e. The first kappa shape index (κ1) is 19.1. The van der Waals surface area contributed by atoms with Gasteiger partial charge in [-0.25, -0.2) is 4.31 Å². The molecule has 4 bridgehead atoms. The van der Waals surface area contributed by atoms with Crippen molar-refractivity contribution in [3.8, 4) is 6.07 Å². The number of nitriles is 1. The van der Waals surface area contributed by atoms with Crippen LogP contribution in [0.15, 0.2) is 0 Å². The Balaban J connectivity index is 1.26. The topological polar surface area (TPSA) is 99.8 Å². The summed E-state index contributed by atoms with van der Waals surface area (Å²) in [5, 5.41) is 12.9. The molecule has 4 aliphatic carbocycles. The van der Waals surface area contributed by atoms with Crippen molar-refractivity contribution >= 4 is 16.7 Å². The SMILES string of the molecule is N#C[C@@H]1CCCN1C(=O)CNC12CC3CC1CC(CN1CCCS1(O)O)(C3)C2. The molecule has 0 spiro atoms. The Morgan fingerprint density at radius 3 is 2.86 bits per heavy atom. The molecule has 4 unspecified atom stereocenters. The van der Waals surface area contributed by atoms with Crippen molar-refractivity contribution in [2.75, 3.05) is 31.9 Å². The number of carbonyl (C=O) groups excluding carboxylic acids is 1. The average molecular weight is 409 g/mol. The van der Waals surface area contributed by atoms with Gasteiger partial charge in [0.2, 0.25) is 5.91 Å². The summed E-state index contributed by atoms with van der Waals surface area (Å²) in [7, 11) is -2.56. The molecule has 7 nitrogen and oxygen atoms in total. The summed E-state index contributed by atoms with van der Waals surface area (Å²) in [6, 6.07) is 2.01. The molecule has 5 atom stereocenters. The van der Waals surface area contributed by atoms with E-state index in [2.05, 4.69) is 11.4 Å². The standard InChI is InChI=1S/C20H32N4O3S/c21-11-17-3-1-5-24(17)18(25)12-22-20-9-15-7-16(20)10-19(8-15,13-20)14-23-4-2-6-28(23,26)27/h15-17,22,26-27H,1-10,12-14H2/t15?,16?,17-,19?,20?/m0/s1. The second-order valence-corrected chi connectivity index (χ2v) is 12.2. The summed E-state index contributed by atoms with van der Waals surface area (Å²) < 4.78 is 22.7. The Bertz CT molecular complexity index is 712. The number of nitrogens with one attached hydrogen (secondary N) is 1. The lowest BCUT2D eigenvalue weighted by molar-refractivity contribution is -0.130. The van der Waals surface area contributed by atoms with Crippen LogP contribution in [0.4, 0.5) is 0 Å². The first-order valence-electron chi connectivity index (χ1n) is 10.8. The van der Waals surface area contributed by atoms with E-state index in [1.54, 1.807) is 4.90 Å². The third-order valence-corrected chi connectivity index (χ3v) is 10.2. The van der Waals surface area contributed by atoms with E-state index in [0.717, 1.165) is 51.6 Å². The van der Waals surface area contributed by atoms with Gasteiger partial charge in [-0.15, -0.1) is 10.8 Å². The summed E-state index contributed by atoms with van der Waals surface area (Å²) >= 11 is 0. The Hall–Kier alpha value is -0.850. The summed E-state index contributed by atoms with van der Waals surface area (Å²) in [5.41, 5.74) is 0.196. The van der Waals surface area contributed by atoms with Crippen molar-refractivity contribution in [1.82, 2.24) is 14.5 Å². The predicted molar refractivity (Wildman–Crippen MR) is 107 cm³/mol. The van der Waals surface area contributed by atoms with Crippen LogP contribution in [-0.2, 0) is 4.79 Å². The van der Waals surface area contributed by atoms with Gasteiger partial charge in [-0.1, -0.05) is 0 Å². The van der Waals surface area contributed by atoms with Crippen molar-refractivity contribution in [1.29, 1.82) is 5.26 Å². The van der Waals surface area contributed by atoms with Crippen molar-refractivity contribution in [2.24, 2.45) is 17.3 Å². The van der Waals surface area contributed by atoms with Crippen molar-refractivity contribution in [3.05, 3.63) is 0 Å². The van der Waals surface area contributed by atoms with Crippen molar-refractivity contribution in [2.45, 2.75) is 62.9 Å². The highest BCUT2D eigenvalue weighted by atomic mass is 32.3. The van der Waals surface area contributed by atoms with Crippen LogP contribution in [0.3, 0.4) is 0 Å². The van der Waals surface area contributed by atoms with Gasteiger partial charge in [0.25, 0.3) is 0 Å². The molecule has 1 amide bonds. The van der Waals surface area contributed by atoms with Gasteiger partial charge in [-0.2, -0.15) is 5.26 Å². The molecule has 2 saturated heterocycles. The van der Waals surface area contributed by atoms with Crippen LogP contribution < -0.4 is 5.32 Å². The van der Waals surface area contributed by atoms with Crippen LogP contribution in [0.1, 0.15) is 51.4 Å². The van der Waals surface area contributed by atoms with E-state index in [1.807, 2.05) is 4.31 Å². The van der Waals surface area contributed by atoms with Gasteiger partial charge in [0.05, 0.1) is 18.4 Å². The zero-order valence-electron chi connectivity index (χ0n) is 16.5. The van der Waals surface area contributed by atoms with Gasteiger partial charge in [0, 0.05) is 25.2 Å². The van der Waals surface area contributed by atoms with E-state index >= 15 is 0 Å². The Kier molecular flexibility index (Phi) is 4.49. The minimum atomic E-state index is -2.56. The molecule has 0 aromatic rings. The normalized spacial score (nSPS) is 44.9. The van der Waals surface area contributed by atoms with Crippen molar-refractivity contribution in [3.63, 3.8) is 0 Å². The molecule has 3 N–H and O–H groups in total. The van der Waals surface area contributed by atoms with Crippen LogP contribution >= 0.6 is 10.8 Å². The van der Waals surface area contributed by atoms with E-state index in [0.29, 0.717) is 30.7 Å². The van der Waals surface area contributed by atoms with E-state index < -0.39 is 10.8 Å². The highest BCUT2D eigenvalue weighted by molar-refractivity contribution is 8.22. The first-order valence-corrected chi connectivity index (χ1v) is 12.5. The Labute approximate surface area is 168 Å². The fourth-order valence-corrected chi connectivity index (χ4v) is 9.04. The minimum absolute atomic E-state index is 0.0308. The summed E-state index contributed by atoms with van der Waals surface area (Å²) in [5.74, 6) is 1.86. The van der Waals surface area contributed by atoms with Gasteiger partial charge in [-0.05, 0) is 68.6 Å². The van der Waals surface area contributed by atoms with Crippen LogP contribution in [0.25, 0.3) is 0 Å². The second-order valence-electron chi connectivity index (χ2n) is 10.0. The smallest absolute Gasteiger partial charge is 0.237 e. The maximum Gasteiger partial charge on any atom is 0.237 e. The molecular weight excluding hydrogens is 376 g/mol. The fourth-order valence-electron chi connectivity index (χ4n) is 7.36. The summed E-state index contributed by atoms with van der Waals surface area (Å²) in [6.07, 6.45) is 8.35. The van der Waals surface area contributed by atoms with E-state index in [-0.39, 0.29) is 22.9 Å². The molecule has 6 aliphatic rings. The molecule has 28 heavy (non-hydrogen) atoms. The van der Waals surface area contributed by atoms with Crippen molar-refractivity contribution < 1.29 is 13.9 Å². The zero-order valence-corrected chi connectivity index (χ0v) is 17.3. The molecule has 4 saturated carbocycles. The van der Waals surface area contributed by atoms with Gasteiger partial charge in [0.15, 0.2) is 0 Å². The molecule has 0 aromatic heterocycles. The van der Waals surface area contributed by atoms with E-state index in [4.69, 9.17) is 0 Å². The monoisotopic (exact) mass is 408 g/mol. The molecule has 0 radical (unpaired) electrons. The van der Waals surface area contributed by atoms with Crippen LogP contribution in [0.5, 0.6) is 0 Å². The van der Waals surface area contributed by atoms with Crippen LogP contribution in [0.2, 0.25) is 0 Å². The number of hydrogen-bond donors (Lipinski definition) is 3. The van der Waals surface area contributed by atoms with E-state index in [1.165, 1.54) is 12.8 Å². The number of carbonyl (C=O) groups is 1. The van der Waals surface area contributed by atoms with Crippen LogP contribution in [-0.4, -0.2) is 67.7 Å². The summed E-state index contributed by atoms with van der Waals surface area (Å²) in [6.45, 7) is 2.62. The number of rotatable bonds is 5. The fraction of sp³-hybridized carbons (Fsp3) is 0.900. The maximum absolute atomic E-state index is 12.7. The maximum atomic E-state index is 12.7. The second kappa shape index (κ2) is 6.58. The Morgan fingerprint density at radius 1 is 1.25 bits per heavy atom. The molecule has 8 heteroatoms. The highest BCUT2D eigenvalue weighted by Crippen LogP contribution is 2.67. The Morgan fingerprint density at radius 2 is 2.11 bits per heavy atom. The molecule has 156 valence electrons. The van der Waals surface area contributed by atoms with Gasteiger partial charge in [-0.3, -0.25) is 13.9 Å². The lowest BCUT2D eigenvalue weighted by Gasteiger charge is -2.47. The molecule has 2 aliphatic heterocycles. The van der Waals surface area contributed by atoms with Gasteiger partial charge >= 0.3 is 0 Å². The lowest BCUT2D eigenvalue weighted by atomic mass is 9.68. The molecular formula is C20H32N4O3S. The number of nitrogens with zero attached hydrogens (tertiary/aromatic N) is 3. The molecule has 2 heterocycles. The highest BCUT2D eigenvalue weighted by Gasteiger charge is 2.64. The predicted octanol–water partition coefficient (Wildman–Crippen LogP) is 2.41. The lowest BCUT2D eigenvalue weighted by Crippen LogP contribution is -2.52. The number of hydrogen-bond acceptors (Lipinski definition) is 6. The molecule has 0 aromatic carbocycles. The molecule has 6 fully saturated rings. The average Bonchev–Trinajstić information content (AvgIpc) is 3.35.